The molecule has 0 spiro atoms. The molecule has 28 heavy (non-hydrogen) atoms. The van der Waals surface area contributed by atoms with Crippen LogP contribution in [0.25, 0.3) is 0 Å². The first-order valence-electron chi connectivity index (χ1n) is 10.4. The Morgan fingerprint density at radius 2 is 2.21 bits per heavy atom. The highest BCUT2D eigenvalue weighted by Crippen LogP contribution is 2.36. The van der Waals surface area contributed by atoms with Crippen LogP contribution in [0.15, 0.2) is 42.7 Å². The second-order valence-electron chi connectivity index (χ2n) is 8.18. The molecule has 2 fully saturated rings. The number of carbonyl (C=O) groups is 1. The van der Waals surface area contributed by atoms with Crippen LogP contribution >= 0.6 is 0 Å². The van der Waals surface area contributed by atoms with Gasteiger partial charge in [0.25, 0.3) is 0 Å². The third-order valence-corrected chi connectivity index (χ3v) is 6.20. The molecule has 5 nitrogen and oxygen atoms in total. The van der Waals surface area contributed by atoms with E-state index in [1.165, 1.54) is 12.5 Å². The molecule has 6 heteroatoms. The fraction of sp³-hybridized carbons (Fsp3) is 0.545. The van der Waals surface area contributed by atoms with Crippen molar-refractivity contribution in [2.75, 3.05) is 13.1 Å². The standard InChI is InChI=1S/C22H29FN4O/c1-16(14-26-12-6-11-25-26)22(28)27-15-19(17-7-5-8-18(23)13-17)21-20(27)9-3-2-4-10-24-21/h5-8,11-13,16,19-21,24H,2-4,9-10,14-15H2,1H3/t16-,19+,20-,21+/m1/s1. The highest BCUT2D eigenvalue weighted by Gasteiger charge is 2.45. The monoisotopic (exact) mass is 384 g/mol. The van der Waals surface area contributed by atoms with Crippen molar-refractivity contribution in [3.8, 4) is 0 Å². The minimum absolute atomic E-state index is 0.125. The van der Waals surface area contributed by atoms with Crippen LogP contribution in [0.1, 0.15) is 44.1 Å². The van der Waals surface area contributed by atoms with Gasteiger partial charge in [0.1, 0.15) is 5.82 Å². The third kappa shape index (κ3) is 3.97. The number of nitrogens with zero attached hydrogens (tertiary/aromatic N) is 3. The van der Waals surface area contributed by atoms with Gasteiger partial charge in [0.2, 0.25) is 5.91 Å². The highest BCUT2D eigenvalue weighted by molar-refractivity contribution is 5.79. The lowest BCUT2D eigenvalue weighted by Gasteiger charge is -2.32. The predicted molar refractivity (Wildman–Crippen MR) is 106 cm³/mol. The van der Waals surface area contributed by atoms with Gasteiger partial charge < -0.3 is 10.2 Å². The van der Waals surface area contributed by atoms with E-state index in [0.717, 1.165) is 31.4 Å². The lowest BCUT2D eigenvalue weighted by Crippen LogP contribution is -2.48. The van der Waals surface area contributed by atoms with Gasteiger partial charge in [0, 0.05) is 36.9 Å². The van der Waals surface area contributed by atoms with E-state index >= 15 is 0 Å². The smallest absolute Gasteiger partial charge is 0.227 e. The molecule has 2 aromatic rings. The van der Waals surface area contributed by atoms with Crippen LogP contribution in [0.5, 0.6) is 0 Å². The number of hydrogen-bond donors (Lipinski definition) is 1. The Hall–Kier alpha value is -2.21. The molecule has 0 bridgehead atoms. The SMILES string of the molecule is C[C@H](Cn1cccn1)C(=O)N1C[C@@H](c2cccc(F)c2)[C@@H]2NCCCCC[C@H]21. The number of amides is 1. The van der Waals surface area contributed by atoms with Crippen molar-refractivity contribution >= 4 is 5.91 Å². The number of benzene rings is 1. The fourth-order valence-corrected chi connectivity index (χ4v) is 4.81. The van der Waals surface area contributed by atoms with Crippen molar-refractivity contribution < 1.29 is 9.18 Å². The zero-order chi connectivity index (χ0) is 19.5. The van der Waals surface area contributed by atoms with Crippen molar-refractivity contribution in [2.24, 2.45) is 5.92 Å². The molecule has 0 unspecified atom stereocenters. The Morgan fingerprint density at radius 1 is 1.32 bits per heavy atom. The first-order chi connectivity index (χ1) is 13.6. The molecule has 1 N–H and O–H groups in total. The molecule has 2 aliphatic rings. The van der Waals surface area contributed by atoms with Crippen LogP contribution in [0, 0.1) is 11.7 Å². The quantitative estimate of drug-likeness (QED) is 0.881. The van der Waals surface area contributed by atoms with Gasteiger partial charge in [-0.2, -0.15) is 5.10 Å². The lowest BCUT2D eigenvalue weighted by atomic mass is 9.88. The number of halogens is 1. The Morgan fingerprint density at radius 3 is 3.00 bits per heavy atom. The molecular formula is C22H29FN4O. The van der Waals surface area contributed by atoms with Crippen molar-refractivity contribution in [3.05, 3.63) is 54.1 Å². The van der Waals surface area contributed by atoms with Gasteiger partial charge in [-0.05, 0) is 43.1 Å². The second-order valence-corrected chi connectivity index (χ2v) is 8.18. The molecule has 3 heterocycles. The lowest BCUT2D eigenvalue weighted by molar-refractivity contribution is -0.136. The Bertz CT molecular complexity index is 794. The molecule has 2 aliphatic heterocycles. The van der Waals surface area contributed by atoms with Gasteiger partial charge in [-0.1, -0.05) is 31.9 Å². The van der Waals surface area contributed by atoms with E-state index in [9.17, 15) is 9.18 Å². The van der Waals surface area contributed by atoms with E-state index < -0.39 is 0 Å². The van der Waals surface area contributed by atoms with Crippen LogP contribution < -0.4 is 5.32 Å². The van der Waals surface area contributed by atoms with Crippen molar-refractivity contribution in [1.29, 1.82) is 0 Å². The summed E-state index contributed by atoms with van der Waals surface area (Å²) in [7, 11) is 0. The highest BCUT2D eigenvalue weighted by atomic mass is 19.1. The Kier molecular flexibility index (Phi) is 5.76. The molecule has 1 aromatic carbocycles. The molecule has 1 amide bonds. The summed E-state index contributed by atoms with van der Waals surface area (Å²) < 4.78 is 15.7. The van der Waals surface area contributed by atoms with Crippen molar-refractivity contribution in [3.63, 3.8) is 0 Å². The molecule has 4 atom stereocenters. The van der Waals surface area contributed by atoms with Crippen LogP contribution in [0.3, 0.4) is 0 Å². The number of hydrogen-bond acceptors (Lipinski definition) is 3. The number of fused-ring (bicyclic) bond motifs is 1. The van der Waals surface area contributed by atoms with Gasteiger partial charge in [0.05, 0.1) is 12.5 Å². The summed E-state index contributed by atoms with van der Waals surface area (Å²) in [5.74, 6) is -0.0552. The average Bonchev–Trinajstić information content (AvgIpc) is 3.28. The van der Waals surface area contributed by atoms with E-state index in [1.807, 2.05) is 29.9 Å². The topological polar surface area (TPSA) is 50.2 Å². The molecule has 0 aliphatic carbocycles. The number of likely N-dealkylation sites (tertiary alicyclic amines) is 1. The predicted octanol–water partition coefficient (Wildman–Crippen LogP) is 3.19. The molecule has 2 saturated heterocycles. The first kappa shape index (κ1) is 19.1. The van der Waals surface area contributed by atoms with Crippen LogP contribution in [0.4, 0.5) is 4.39 Å². The van der Waals surface area contributed by atoms with Crippen LogP contribution in [-0.4, -0.2) is 45.8 Å². The van der Waals surface area contributed by atoms with Crippen molar-refractivity contribution in [1.82, 2.24) is 20.0 Å². The summed E-state index contributed by atoms with van der Waals surface area (Å²) in [6, 6.07) is 9.10. The van der Waals surface area contributed by atoms with Crippen molar-refractivity contribution in [2.45, 2.75) is 57.2 Å². The molecule has 0 saturated carbocycles. The maximum Gasteiger partial charge on any atom is 0.227 e. The number of rotatable bonds is 4. The van der Waals surface area contributed by atoms with Gasteiger partial charge in [-0.3, -0.25) is 9.48 Å². The molecular weight excluding hydrogens is 355 g/mol. The van der Waals surface area contributed by atoms with Gasteiger partial charge >= 0.3 is 0 Å². The maximum absolute atomic E-state index is 13.9. The minimum atomic E-state index is -0.211. The number of aromatic nitrogens is 2. The summed E-state index contributed by atoms with van der Waals surface area (Å²) in [5, 5.41) is 7.93. The molecule has 1 aromatic heterocycles. The normalized spacial score (nSPS) is 26.4. The zero-order valence-electron chi connectivity index (χ0n) is 16.4. The Labute approximate surface area is 165 Å². The molecule has 150 valence electrons. The van der Waals surface area contributed by atoms with Gasteiger partial charge in [-0.15, -0.1) is 0 Å². The minimum Gasteiger partial charge on any atom is -0.337 e. The van der Waals surface area contributed by atoms with Crippen LogP contribution in [-0.2, 0) is 11.3 Å². The first-order valence-corrected chi connectivity index (χ1v) is 10.4. The average molecular weight is 384 g/mol. The summed E-state index contributed by atoms with van der Waals surface area (Å²) in [4.78, 5) is 15.4. The largest absolute Gasteiger partial charge is 0.337 e. The Balaban J connectivity index is 1.57. The third-order valence-electron chi connectivity index (χ3n) is 6.20. The van der Waals surface area contributed by atoms with Crippen LogP contribution in [0.2, 0.25) is 0 Å². The van der Waals surface area contributed by atoms with E-state index in [1.54, 1.807) is 18.3 Å². The number of nitrogens with one attached hydrogen (secondary N) is 1. The fourth-order valence-electron chi connectivity index (χ4n) is 4.81. The second kappa shape index (κ2) is 8.43. The zero-order valence-corrected chi connectivity index (χ0v) is 16.4. The number of carbonyl (C=O) groups excluding carboxylic acids is 1. The van der Waals surface area contributed by atoms with Gasteiger partial charge in [-0.25, -0.2) is 4.39 Å². The summed E-state index contributed by atoms with van der Waals surface area (Å²) >= 11 is 0. The van der Waals surface area contributed by atoms with E-state index in [-0.39, 0.29) is 35.6 Å². The molecule has 4 rings (SSSR count). The summed E-state index contributed by atoms with van der Waals surface area (Å²) in [6.45, 7) is 4.16. The molecule has 0 radical (unpaired) electrons. The summed E-state index contributed by atoms with van der Waals surface area (Å²) in [5.41, 5.74) is 0.984. The van der Waals surface area contributed by atoms with Gasteiger partial charge in [0.15, 0.2) is 0 Å². The maximum atomic E-state index is 13.9. The van der Waals surface area contributed by atoms with E-state index in [0.29, 0.717) is 13.1 Å². The summed E-state index contributed by atoms with van der Waals surface area (Å²) in [6.07, 6.45) is 8.11. The van der Waals surface area contributed by atoms with E-state index in [2.05, 4.69) is 15.3 Å². The van der Waals surface area contributed by atoms with E-state index in [4.69, 9.17) is 0 Å².